The first-order valence-corrected chi connectivity index (χ1v) is 16.6. The summed E-state index contributed by atoms with van der Waals surface area (Å²) in [6.45, 7) is 3.95. The first-order chi connectivity index (χ1) is 17.0. The number of benzene rings is 4. The van der Waals surface area contributed by atoms with E-state index in [9.17, 15) is 9.59 Å². The number of rotatable bonds is 8. The monoisotopic (exact) mass is 526 g/mol. The zero-order valence-electron chi connectivity index (χ0n) is 19.9. The van der Waals surface area contributed by atoms with Gasteiger partial charge in [0.2, 0.25) is 0 Å². The Kier molecular flexibility index (Phi) is 7.83. The molecule has 4 aromatic carbocycles. The Morgan fingerprint density at radius 3 is 1.23 bits per heavy atom. The molecule has 4 nitrogen and oxygen atoms in total. The summed E-state index contributed by atoms with van der Waals surface area (Å²) in [5.41, 5.74) is 3.55. The third kappa shape index (κ3) is 5.90. The molecule has 0 heterocycles. The number of esters is 2. The molecular formula is C30H28GeO4. The van der Waals surface area contributed by atoms with Gasteiger partial charge in [0.25, 0.3) is 0 Å². The summed E-state index contributed by atoms with van der Waals surface area (Å²) in [6, 6.07) is 34.7. The minimum absolute atomic E-state index is 0.196. The molecule has 176 valence electrons. The predicted molar refractivity (Wildman–Crippen MR) is 141 cm³/mol. The molecule has 0 atom stereocenters. The maximum absolute atomic E-state index is 13.0. The van der Waals surface area contributed by atoms with E-state index in [1.807, 2.05) is 98.8 Å². The number of aryl methyl sites for hydroxylation is 2. The van der Waals surface area contributed by atoms with E-state index < -0.39 is 13.3 Å². The number of hydrogen-bond acceptors (Lipinski definition) is 4. The van der Waals surface area contributed by atoms with E-state index >= 15 is 0 Å². The van der Waals surface area contributed by atoms with Gasteiger partial charge in [-0.3, -0.25) is 0 Å². The molecule has 0 aliphatic carbocycles. The second-order valence-corrected chi connectivity index (χ2v) is 16.9. The Balaban J connectivity index is 1.67. The van der Waals surface area contributed by atoms with Crippen LogP contribution >= 0.6 is 0 Å². The van der Waals surface area contributed by atoms with Crippen LogP contribution in [0.15, 0.2) is 109 Å². The van der Waals surface area contributed by atoms with E-state index in [0.717, 1.165) is 19.9 Å². The van der Waals surface area contributed by atoms with Crippen LogP contribution < -0.4 is 8.79 Å². The molecule has 4 rings (SSSR count). The van der Waals surface area contributed by atoms with Crippen LogP contribution in [0.1, 0.15) is 31.8 Å². The first-order valence-electron chi connectivity index (χ1n) is 11.6. The quantitative estimate of drug-likeness (QED) is 0.248. The van der Waals surface area contributed by atoms with Gasteiger partial charge in [-0.2, -0.15) is 0 Å². The van der Waals surface area contributed by atoms with Crippen molar-refractivity contribution >= 4 is 34.0 Å². The molecule has 0 fully saturated rings. The Morgan fingerprint density at radius 2 is 0.886 bits per heavy atom. The normalized spacial score (nSPS) is 11.0. The van der Waals surface area contributed by atoms with E-state index in [1.54, 1.807) is 24.3 Å². The average molecular weight is 525 g/mol. The van der Waals surface area contributed by atoms with Gasteiger partial charge in [0.05, 0.1) is 0 Å². The van der Waals surface area contributed by atoms with Crippen LogP contribution in [0, 0.1) is 13.8 Å². The molecule has 0 unspecified atom stereocenters. The third-order valence-corrected chi connectivity index (χ3v) is 14.8. The van der Waals surface area contributed by atoms with Crippen LogP contribution in [-0.4, -0.2) is 36.1 Å². The predicted octanol–water partition coefficient (Wildman–Crippen LogP) is 4.66. The molecule has 0 radical (unpaired) electrons. The maximum atomic E-state index is 13.0. The van der Waals surface area contributed by atoms with Crippen molar-refractivity contribution in [2.24, 2.45) is 0 Å². The number of ether oxygens (including phenoxy) is 2. The van der Waals surface area contributed by atoms with Gasteiger partial charge in [-0.15, -0.1) is 0 Å². The molecule has 4 aromatic rings. The number of hydrogen-bond donors (Lipinski definition) is 0. The number of carbonyl (C=O) groups excluding carboxylic acids is 2. The van der Waals surface area contributed by atoms with Crippen molar-refractivity contribution in [3.8, 4) is 0 Å². The Morgan fingerprint density at radius 1 is 0.543 bits per heavy atom. The molecule has 5 heteroatoms. The molecule has 0 amide bonds. The summed E-state index contributed by atoms with van der Waals surface area (Å²) in [4.78, 5) is 25.9. The van der Waals surface area contributed by atoms with Gasteiger partial charge in [0.1, 0.15) is 0 Å². The van der Waals surface area contributed by atoms with Crippen molar-refractivity contribution in [2.45, 2.75) is 13.8 Å². The van der Waals surface area contributed by atoms with E-state index in [2.05, 4.69) is 0 Å². The Hall–Kier alpha value is -3.64. The van der Waals surface area contributed by atoms with Crippen molar-refractivity contribution in [1.82, 2.24) is 0 Å². The van der Waals surface area contributed by atoms with E-state index in [4.69, 9.17) is 9.47 Å². The van der Waals surface area contributed by atoms with Crippen molar-refractivity contribution in [3.05, 3.63) is 131 Å². The van der Waals surface area contributed by atoms with Crippen LogP contribution in [0.4, 0.5) is 0 Å². The molecule has 0 saturated carbocycles. The fourth-order valence-electron chi connectivity index (χ4n) is 3.98. The van der Waals surface area contributed by atoms with Crippen molar-refractivity contribution in [2.75, 3.05) is 10.9 Å². The fourth-order valence-corrected chi connectivity index (χ4v) is 11.3. The molecule has 0 spiro atoms. The van der Waals surface area contributed by atoms with Gasteiger partial charge < -0.3 is 0 Å². The second kappa shape index (κ2) is 11.2. The first kappa shape index (κ1) is 24.5. The second-order valence-electron chi connectivity index (χ2n) is 8.70. The summed E-state index contributed by atoms with van der Waals surface area (Å²) >= 11 is -3.53. The van der Waals surface area contributed by atoms with Gasteiger partial charge in [-0.25, -0.2) is 0 Å². The van der Waals surface area contributed by atoms with Crippen LogP contribution in [0.2, 0.25) is 0 Å². The van der Waals surface area contributed by atoms with Gasteiger partial charge in [-0.1, -0.05) is 0 Å². The summed E-state index contributed by atoms with van der Waals surface area (Å²) in [6.07, 6.45) is 0. The van der Waals surface area contributed by atoms with Gasteiger partial charge in [0, 0.05) is 0 Å². The van der Waals surface area contributed by atoms with Gasteiger partial charge >= 0.3 is 209 Å². The molecule has 0 N–H and O–H groups in total. The van der Waals surface area contributed by atoms with Crippen molar-refractivity contribution in [3.63, 3.8) is 0 Å². The fraction of sp³-hybridized carbons (Fsp3) is 0.133. The van der Waals surface area contributed by atoms with Crippen molar-refractivity contribution in [1.29, 1.82) is 0 Å². The zero-order chi connectivity index (χ0) is 24.7. The molecule has 0 aliphatic heterocycles. The summed E-state index contributed by atoms with van der Waals surface area (Å²) in [7, 11) is 0. The third-order valence-electron chi connectivity index (χ3n) is 6.13. The topological polar surface area (TPSA) is 52.6 Å². The summed E-state index contributed by atoms with van der Waals surface area (Å²) in [5.74, 6) is -0.756. The average Bonchev–Trinajstić information content (AvgIpc) is 2.90. The van der Waals surface area contributed by atoms with Gasteiger partial charge in [-0.05, 0) is 0 Å². The molecule has 0 aromatic heterocycles. The standard InChI is InChI=1S/C30H28GeO4/c1-23-13-17-25(18-14-23)29(32)34-21-31(27-9-5-3-6-10-27,28-11-7-4-8-12-28)22-35-30(33)26-19-15-24(2)16-20-26/h3-20H,21-22H2,1-2H3. The zero-order valence-corrected chi connectivity index (χ0v) is 22.0. The van der Waals surface area contributed by atoms with E-state index in [-0.39, 0.29) is 22.8 Å². The van der Waals surface area contributed by atoms with Crippen LogP contribution in [0.5, 0.6) is 0 Å². The number of carbonyl (C=O) groups is 2. The summed E-state index contributed by atoms with van der Waals surface area (Å²) in [5, 5.41) is 0. The summed E-state index contributed by atoms with van der Waals surface area (Å²) < 4.78 is 14.1. The Bertz CT molecular complexity index is 1160. The van der Waals surface area contributed by atoms with Crippen LogP contribution in [-0.2, 0) is 9.47 Å². The molecule has 35 heavy (non-hydrogen) atoms. The van der Waals surface area contributed by atoms with E-state index in [1.165, 1.54) is 0 Å². The van der Waals surface area contributed by atoms with E-state index in [0.29, 0.717) is 11.1 Å². The SMILES string of the molecule is Cc1ccc(C(=O)O[CH2][Ge]([CH2]OC(=O)c2ccc(C)cc2)([c]2ccccc2)[c]2ccccc2)cc1. The molecule has 0 aliphatic rings. The molecule has 0 saturated heterocycles. The molecular weight excluding hydrogens is 497 g/mol. The molecule has 0 bridgehead atoms. The Labute approximate surface area is 208 Å². The minimum atomic E-state index is -3.53. The van der Waals surface area contributed by atoms with Crippen molar-refractivity contribution < 1.29 is 19.1 Å². The van der Waals surface area contributed by atoms with Crippen LogP contribution in [0.3, 0.4) is 0 Å². The van der Waals surface area contributed by atoms with Gasteiger partial charge in [0.15, 0.2) is 0 Å². The van der Waals surface area contributed by atoms with Crippen LogP contribution in [0.25, 0.3) is 0 Å².